The molecular weight excluding hydrogens is 384 g/mol. The van der Waals surface area contributed by atoms with Gasteiger partial charge < -0.3 is 14.3 Å². The standard InChI is InChI=1S/C24H23ClN2O2/c1-2-27-16-22(20-7-3-4-8-23(20)27)21(17-9-11-18(25)12-10-17)14-24(28)26-15-19-6-5-13-29-19/h3-13,16,21H,2,14-15H2,1H3,(H,26,28)/t21-/m1/s1. The predicted molar refractivity (Wildman–Crippen MR) is 116 cm³/mol. The summed E-state index contributed by atoms with van der Waals surface area (Å²) in [5.74, 6) is 0.653. The Labute approximate surface area is 175 Å². The number of carbonyl (C=O) groups is 1. The zero-order valence-electron chi connectivity index (χ0n) is 16.3. The zero-order valence-corrected chi connectivity index (χ0v) is 17.0. The molecule has 0 radical (unpaired) electrons. The van der Waals surface area contributed by atoms with Crippen molar-refractivity contribution in [2.24, 2.45) is 0 Å². The molecule has 0 bridgehead atoms. The van der Waals surface area contributed by atoms with Crippen molar-refractivity contribution < 1.29 is 9.21 Å². The Kier molecular flexibility index (Phi) is 5.72. The molecule has 4 rings (SSSR count). The van der Waals surface area contributed by atoms with Crippen LogP contribution in [-0.2, 0) is 17.9 Å². The van der Waals surface area contributed by atoms with Gasteiger partial charge in [-0.25, -0.2) is 0 Å². The Morgan fingerprint density at radius 3 is 2.62 bits per heavy atom. The summed E-state index contributed by atoms with van der Waals surface area (Å²) in [6.45, 7) is 3.39. The van der Waals surface area contributed by atoms with Crippen LogP contribution in [0, 0.1) is 0 Å². The van der Waals surface area contributed by atoms with E-state index in [2.05, 4.69) is 35.1 Å². The fraction of sp³-hybridized carbons (Fsp3) is 0.208. The van der Waals surface area contributed by atoms with Gasteiger partial charge in [0.15, 0.2) is 0 Å². The molecule has 0 unspecified atom stereocenters. The Balaban J connectivity index is 1.67. The maximum absolute atomic E-state index is 12.8. The van der Waals surface area contributed by atoms with E-state index >= 15 is 0 Å². The normalized spacial score (nSPS) is 12.2. The number of para-hydroxylation sites is 1. The number of benzene rings is 2. The van der Waals surface area contributed by atoms with Crippen LogP contribution in [-0.4, -0.2) is 10.5 Å². The second kappa shape index (κ2) is 8.58. The molecule has 1 N–H and O–H groups in total. The predicted octanol–water partition coefficient (Wildman–Crippen LogP) is 5.75. The largest absolute Gasteiger partial charge is 0.467 e. The van der Waals surface area contributed by atoms with E-state index in [0.717, 1.165) is 23.4 Å². The molecule has 148 valence electrons. The van der Waals surface area contributed by atoms with Gasteiger partial charge in [-0.3, -0.25) is 4.79 Å². The first-order valence-electron chi connectivity index (χ1n) is 9.78. The van der Waals surface area contributed by atoms with Crippen LogP contribution in [0.2, 0.25) is 5.02 Å². The molecule has 0 aliphatic carbocycles. The lowest BCUT2D eigenvalue weighted by molar-refractivity contribution is -0.121. The summed E-state index contributed by atoms with van der Waals surface area (Å²) in [7, 11) is 0. The van der Waals surface area contributed by atoms with Crippen LogP contribution in [0.5, 0.6) is 0 Å². The topological polar surface area (TPSA) is 47.2 Å². The fourth-order valence-electron chi connectivity index (χ4n) is 3.77. The Morgan fingerprint density at radius 1 is 1.10 bits per heavy atom. The summed E-state index contributed by atoms with van der Waals surface area (Å²) in [4.78, 5) is 12.8. The Bertz CT molecular complexity index is 1100. The highest BCUT2D eigenvalue weighted by atomic mass is 35.5. The number of hydrogen-bond acceptors (Lipinski definition) is 2. The van der Waals surface area contributed by atoms with Gasteiger partial charge in [-0.1, -0.05) is 41.9 Å². The number of amides is 1. The monoisotopic (exact) mass is 406 g/mol. The Morgan fingerprint density at radius 2 is 1.90 bits per heavy atom. The molecule has 29 heavy (non-hydrogen) atoms. The number of fused-ring (bicyclic) bond motifs is 1. The van der Waals surface area contributed by atoms with E-state index in [-0.39, 0.29) is 11.8 Å². The van der Waals surface area contributed by atoms with Crippen LogP contribution < -0.4 is 5.32 Å². The number of rotatable bonds is 7. The highest BCUT2D eigenvalue weighted by Gasteiger charge is 2.22. The molecule has 4 nitrogen and oxygen atoms in total. The first-order valence-corrected chi connectivity index (χ1v) is 10.2. The van der Waals surface area contributed by atoms with Gasteiger partial charge >= 0.3 is 0 Å². The summed E-state index contributed by atoms with van der Waals surface area (Å²) in [6, 6.07) is 19.8. The van der Waals surface area contributed by atoms with Gasteiger partial charge in [-0.15, -0.1) is 0 Å². The number of nitrogens with one attached hydrogen (secondary N) is 1. The maximum atomic E-state index is 12.8. The quantitative estimate of drug-likeness (QED) is 0.425. The molecule has 0 aliphatic heterocycles. The number of furan rings is 1. The van der Waals surface area contributed by atoms with Crippen LogP contribution in [0.25, 0.3) is 10.9 Å². The third kappa shape index (κ3) is 4.22. The summed E-state index contributed by atoms with van der Waals surface area (Å²) in [5, 5.41) is 4.83. The smallest absolute Gasteiger partial charge is 0.221 e. The lowest BCUT2D eigenvalue weighted by Gasteiger charge is -2.17. The SMILES string of the molecule is CCn1cc([C@H](CC(=O)NCc2ccco2)c2ccc(Cl)cc2)c2ccccc21. The third-order valence-corrected chi connectivity index (χ3v) is 5.49. The minimum absolute atomic E-state index is 0.0188. The molecule has 1 atom stereocenters. The van der Waals surface area contributed by atoms with Crippen LogP contribution >= 0.6 is 11.6 Å². The molecular formula is C24H23ClN2O2. The minimum atomic E-state index is -0.0680. The van der Waals surface area contributed by atoms with E-state index in [1.807, 2.05) is 48.5 Å². The highest BCUT2D eigenvalue weighted by Crippen LogP contribution is 2.35. The van der Waals surface area contributed by atoms with Crippen molar-refractivity contribution in [3.05, 3.63) is 95.0 Å². The second-order valence-electron chi connectivity index (χ2n) is 7.05. The van der Waals surface area contributed by atoms with E-state index in [1.54, 1.807) is 6.26 Å². The molecule has 0 saturated carbocycles. The molecule has 1 amide bonds. The van der Waals surface area contributed by atoms with Crippen LogP contribution in [0.1, 0.15) is 36.1 Å². The first kappa shape index (κ1) is 19.3. The first-order chi connectivity index (χ1) is 14.2. The van der Waals surface area contributed by atoms with E-state index in [9.17, 15) is 4.79 Å². The number of nitrogens with zero attached hydrogens (tertiary/aromatic N) is 1. The molecule has 2 heterocycles. The maximum Gasteiger partial charge on any atom is 0.221 e. The van der Waals surface area contributed by atoms with Gasteiger partial charge in [0, 0.05) is 41.0 Å². The average Bonchev–Trinajstić information content (AvgIpc) is 3.39. The zero-order chi connectivity index (χ0) is 20.2. The van der Waals surface area contributed by atoms with Crippen molar-refractivity contribution in [1.29, 1.82) is 0 Å². The van der Waals surface area contributed by atoms with Crippen molar-refractivity contribution in [2.75, 3.05) is 0 Å². The molecule has 4 aromatic rings. The fourth-order valence-corrected chi connectivity index (χ4v) is 3.90. The van der Waals surface area contributed by atoms with Crippen LogP contribution in [0.3, 0.4) is 0 Å². The molecule has 2 aromatic carbocycles. The van der Waals surface area contributed by atoms with E-state index in [4.69, 9.17) is 16.0 Å². The third-order valence-electron chi connectivity index (χ3n) is 5.24. The number of halogens is 1. The van der Waals surface area contributed by atoms with Crippen molar-refractivity contribution in [3.8, 4) is 0 Å². The summed E-state index contributed by atoms with van der Waals surface area (Å²) in [5.41, 5.74) is 3.40. The Hall–Kier alpha value is -2.98. The molecule has 2 aromatic heterocycles. The number of hydrogen-bond donors (Lipinski definition) is 1. The lowest BCUT2D eigenvalue weighted by atomic mass is 9.88. The van der Waals surface area contributed by atoms with Crippen molar-refractivity contribution >= 4 is 28.4 Å². The summed E-state index contributed by atoms with van der Waals surface area (Å²) in [6.07, 6.45) is 4.13. The summed E-state index contributed by atoms with van der Waals surface area (Å²) >= 11 is 6.10. The van der Waals surface area contributed by atoms with Crippen LogP contribution in [0.4, 0.5) is 0 Å². The minimum Gasteiger partial charge on any atom is -0.467 e. The van der Waals surface area contributed by atoms with Gasteiger partial charge in [0.1, 0.15) is 5.76 Å². The molecule has 0 aliphatic rings. The van der Waals surface area contributed by atoms with Crippen molar-refractivity contribution in [1.82, 2.24) is 9.88 Å². The van der Waals surface area contributed by atoms with Crippen LogP contribution in [0.15, 0.2) is 77.5 Å². The molecule has 5 heteroatoms. The highest BCUT2D eigenvalue weighted by molar-refractivity contribution is 6.30. The van der Waals surface area contributed by atoms with Gasteiger partial charge in [-0.2, -0.15) is 0 Å². The van der Waals surface area contributed by atoms with Gasteiger partial charge in [-0.05, 0) is 48.4 Å². The average molecular weight is 407 g/mol. The molecule has 0 saturated heterocycles. The van der Waals surface area contributed by atoms with Gasteiger partial charge in [0.2, 0.25) is 5.91 Å². The number of carbonyl (C=O) groups excluding carboxylic acids is 1. The van der Waals surface area contributed by atoms with Gasteiger partial charge in [0.25, 0.3) is 0 Å². The lowest BCUT2D eigenvalue weighted by Crippen LogP contribution is -2.24. The molecule has 0 fully saturated rings. The number of aromatic nitrogens is 1. The van der Waals surface area contributed by atoms with Crippen molar-refractivity contribution in [2.45, 2.75) is 32.4 Å². The molecule has 0 spiro atoms. The van der Waals surface area contributed by atoms with E-state index in [0.29, 0.717) is 18.0 Å². The van der Waals surface area contributed by atoms with Crippen molar-refractivity contribution in [3.63, 3.8) is 0 Å². The number of aryl methyl sites for hydroxylation is 1. The van der Waals surface area contributed by atoms with Gasteiger partial charge in [0.05, 0.1) is 12.8 Å². The van der Waals surface area contributed by atoms with E-state index in [1.165, 1.54) is 10.9 Å². The van der Waals surface area contributed by atoms with E-state index < -0.39 is 0 Å². The second-order valence-corrected chi connectivity index (χ2v) is 7.49. The summed E-state index contributed by atoms with van der Waals surface area (Å²) < 4.78 is 7.54.